The lowest BCUT2D eigenvalue weighted by Crippen LogP contribution is -2.43. The van der Waals surface area contributed by atoms with Crippen molar-refractivity contribution in [2.45, 2.75) is 26.7 Å². The summed E-state index contributed by atoms with van der Waals surface area (Å²) >= 11 is 0. The summed E-state index contributed by atoms with van der Waals surface area (Å²) < 4.78 is 0. The number of hydrogen-bond donors (Lipinski definition) is 2. The van der Waals surface area contributed by atoms with Crippen molar-refractivity contribution in [1.82, 2.24) is 10.3 Å². The minimum Gasteiger partial charge on any atom is -0.383 e. The highest BCUT2D eigenvalue weighted by atomic mass is 16.1. The fraction of sp³-hybridized carbons (Fsp3) is 0.538. The molecule has 0 aliphatic carbocycles. The lowest BCUT2D eigenvalue weighted by atomic mass is 9.76. The third kappa shape index (κ3) is 2.31. The number of hydrogen-bond acceptors (Lipinski definition) is 4. The number of carbonyl (C=O) groups is 1. The number of nitrogens with two attached hydrogens (primary N) is 1. The van der Waals surface area contributed by atoms with Crippen LogP contribution in [0.2, 0.25) is 0 Å². The highest BCUT2D eigenvalue weighted by Gasteiger charge is 2.36. The van der Waals surface area contributed by atoms with E-state index in [-0.39, 0.29) is 11.2 Å². The van der Waals surface area contributed by atoms with Gasteiger partial charge in [-0.15, -0.1) is 0 Å². The van der Waals surface area contributed by atoms with E-state index in [4.69, 9.17) is 5.73 Å². The summed E-state index contributed by atoms with van der Waals surface area (Å²) in [6.07, 6.45) is 3.63. The van der Waals surface area contributed by atoms with Crippen LogP contribution in [0.3, 0.4) is 0 Å². The van der Waals surface area contributed by atoms with E-state index in [0.717, 1.165) is 31.5 Å². The first-order valence-corrected chi connectivity index (χ1v) is 6.00. The molecule has 2 heterocycles. The number of aromatic nitrogens is 1. The van der Waals surface area contributed by atoms with Crippen molar-refractivity contribution < 1.29 is 4.79 Å². The van der Waals surface area contributed by atoms with Gasteiger partial charge in [0.05, 0.1) is 5.56 Å². The average molecular weight is 233 g/mol. The molecule has 1 aliphatic rings. The minimum absolute atomic E-state index is 0.110. The maximum absolute atomic E-state index is 12.5. The Morgan fingerprint density at radius 3 is 3.00 bits per heavy atom. The topological polar surface area (TPSA) is 68.0 Å². The molecule has 4 heteroatoms. The monoisotopic (exact) mass is 233 g/mol. The molecule has 1 saturated heterocycles. The van der Waals surface area contributed by atoms with Crippen molar-refractivity contribution in [3.8, 4) is 0 Å². The van der Waals surface area contributed by atoms with Gasteiger partial charge in [0.1, 0.15) is 5.82 Å². The third-order valence-corrected chi connectivity index (χ3v) is 3.45. The maximum atomic E-state index is 12.5. The number of piperidine rings is 1. The Labute approximate surface area is 102 Å². The predicted molar refractivity (Wildman–Crippen MR) is 67.9 cm³/mol. The van der Waals surface area contributed by atoms with E-state index in [1.807, 2.05) is 19.9 Å². The Balaban J connectivity index is 2.32. The van der Waals surface area contributed by atoms with Crippen LogP contribution in [0.5, 0.6) is 0 Å². The van der Waals surface area contributed by atoms with Gasteiger partial charge in [0, 0.05) is 18.2 Å². The molecule has 0 amide bonds. The SMILES string of the molecule is Cc1cnc(N)c(C(=O)C2(C)CCCNC2)c1. The molecule has 0 aromatic carbocycles. The summed E-state index contributed by atoms with van der Waals surface area (Å²) in [5, 5.41) is 3.28. The molecule has 1 atom stereocenters. The average Bonchev–Trinajstić information content (AvgIpc) is 2.32. The number of nitrogen functional groups attached to an aromatic ring is 1. The molecular weight excluding hydrogens is 214 g/mol. The Morgan fingerprint density at radius 2 is 2.35 bits per heavy atom. The van der Waals surface area contributed by atoms with E-state index in [1.165, 1.54) is 0 Å². The number of nitrogens with one attached hydrogen (secondary N) is 1. The number of aryl methyl sites for hydroxylation is 1. The summed E-state index contributed by atoms with van der Waals surface area (Å²) in [6, 6.07) is 1.84. The van der Waals surface area contributed by atoms with Crippen LogP contribution in [0.25, 0.3) is 0 Å². The van der Waals surface area contributed by atoms with Gasteiger partial charge in [0.25, 0.3) is 0 Å². The molecule has 0 spiro atoms. The Bertz CT molecular complexity index is 436. The second-order valence-electron chi connectivity index (χ2n) is 5.12. The largest absolute Gasteiger partial charge is 0.383 e. The van der Waals surface area contributed by atoms with Crippen molar-refractivity contribution in [3.63, 3.8) is 0 Å². The van der Waals surface area contributed by atoms with Crippen LogP contribution < -0.4 is 11.1 Å². The van der Waals surface area contributed by atoms with Crippen molar-refractivity contribution in [2.24, 2.45) is 5.41 Å². The summed E-state index contributed by atoms with van der Waals surface area (Å²) in [5.74, 6) is 0.450. The lowest BCUT2D eigenvalue weighted by Gasteiger charge is -2.32. The summed E-state index contributed by atoms with van der Waals surface area (Å²) in [5.41, 5.74) is 6.99. The molecule has 0 saturated carbocycles. The van der Waals surface area contributed by atoms with Crippen LogP contribution in [0.1, 0.15) is 35.7 Å². The number of anilines is 1. The van der Waals surface area contributed by atoms with Crippen molar-refractivity contribution in [1.29, 1.82) is 0 Å². The molecule has 3 N–H and O–H groups in total. The fourth-order valence-electron chi connectivity index (χ4n) is 2.34. The Morgan fingerprint density at radius 1 is 1.59 bits per heavy atom. The van der Waals surface area contributed by atoms with Gasteiger partial charge < -0.3 is 11.1 Å². The van der Waals surface area contributed by atoms with Crippen LogP contribution >= 0.6 is 0 Å². The fourth-order valence-corrected chi connectivity index (χ4v) is 2.34. The first-order chi connectivity index (χ1) is 8.03. The lowest BCUT2D eigenvalue weighted by molar-refractivity contribution is 0.0773. The molecule has 1 unspecified atom stereocenters. The molecule has 17 heavy (non-hydrogen) atoms. The van der Waals surface area contributed by atoms with Crippen LogP contribution in [0.15, 0.2) is 12.3 Å². The van der Waals surface area contributed by atoms with E-state index in [1.54, 1.807) is 6.20 Å². The van der Waals surface area contributed by atoms with E-state index in [2.05, 4.69) is 10.3 Å². The van der Waals surface area contributed by atoms with E-state index < -0.39 is 0 Å². The standard InChI is InChI=1S/C13H19N3O/c1-9-6-10(12(14)16-7-9)11(17)13(2)4-3-5-15-8-13/h6-7,15H,3-5,8H2,1-2H3,(H2,14,16). The molecule has 1 aromatic heterocycles. The zero-order valence-corrected chi connectivity index (χ0v) is 10.4. The van der Waals surface area contributed by atoms with Gasteiger partial charge >= 0.3 is 0 Å². The number of pyridine rings is 1. The molecule has 2 rings (SSSR count). The second-order valence-corrected chi connectivity index (χ2v) is 5.12. The van der Waals surface area contributed by atoms with Gasteiger partial charge in [0.15, 0.2) is 5.78 Å². The van der Waals surface area contributed by atoms with Gasteiger partial charge in [0.2, 0.25) is 0 Å². The zero-order chi connectivity index (χ0) is 12.5. The summed E-state index contributed by atoms with van der Waals surface area (Å²) in [6.45, 7) is 5.64. The molecule has 4 nitrogen and oxygen atoms in total. The van der Waals surface area contributed by atoms with Crippen LogP contribution in [-0.2, 0) is 0 Å². The van der Waals surface area contributed by atoms with Gasteiger partial charge in [-0.1, -0.05) is 6.92 Å². The van der Waals surface area contributed by atoms with Crippen molar-refractivity contribution in [3.05, 3.63) is 23.4 Å². The van der Waals surface area contributed by atoms with Gasteiger partial charge in [-0.2, -0.15) is 0 Å². The summed E-state index contributed by atoms with van der Waals surface area (Å²) in [7, 11) is 0. The van der Waals surface area contributed by atoms with Crippen molar-refractivity contribution >= 4 is 11.6 Å². The number of Topliss-reactive ketones (excluding diaryl/α,β-unsaturated/α-hetero) is 1. The Hall–Kier alpha value is -1.42. The predicted octanol–water partition coefficient (Wildman–Crippen LogP) is 1.54. The third-order valence-electron chi connectivity index (χ3n) is 3.45. The molecule has 1 aromatic rings. The first kappa shape index (κ1) is 12.0. The molecule has 1 fully saturated rings. The smallest absolute Gasteiger partial charge is 0.173 e. The van der Waals surface area contributed by atoms with Crippen molar-refractivity contribution in [2.75, 3.05) is 18.8 Å². The molecule has 1 aliphatic heterocycles. The van der Waals surface area contributed by atoms with Crippen LogP contribution in [-0.4, -0.2) is 23.9 Å². The molecular formula is C13H19N3O. The Kier molecular flexibility index (Phi) is 3.15. The second kappa shape index (κ2) is 4.45. The molecule has 0 radical (unpaired) electrons. The zero-order valence-electron chi connectivity index (χ0n) is 10.4. The molecule has 92 valence electrons. The van der Waals surface area contributed by atoms with E-state index >= 15 is 0 Å². The molecule has 0 bridgehead atoms. The quantitative estimate of drug-likeness (QED) is 0.760. The minimum atomic E-state index is -0.345. The highest BCUT2D eigenvalue weighted by molar-refractivity contribution is 6.04. The normalized spacial score (nSPS) is 24.6. The highest BCUT2D eigenvalue weighted by Crippen LogP contribution is 2.31. The van der Waals surface area contributed by atoms with Gasteiger partial charge in [-0.3, -0.25) is 4.79 Å². The van der Waals surface area contributed by atoms with Gasteiger partial charge in [-0.25, -0.2) is 4.98 Å². The van der Waals surface area contributed by atoms with Crippen LogP contribution in [0.4, 0.5) is 5.82 Å². The van der Waals surface area contributed by atoms with Crippen LogP contribution in [0, 0.1) is 12.3 Å². The van der Waals surface area contributed by atoms with E-state index in [9.17, 15) is 4.79 Å². The summed E-state index contributed by atoms with van der Waals surface area (Å²) in [4.78, 5) is 16.6. The van der Waals surface area contributed by atoms with E-state index in [0.29, 0.717) is 11.4 Å². The first-order valence-electron chi connectivity index (χ1n) is 6.00. The number of carbonyl (C=O) groups excluding carboxylic acids is 1. The maximum Gasteiger partial charge on any atom is 0.173 e. The van der Waals surface area contributed by atoms with Gasteiger partial charge in [-0.05, 0) is 37.9 Å². The number of rotatable bonds is 2. The number of ketones is 1. The number of nitrogens with zero attached hydrogens (tertiary/aromatic N) is 1.